The third-order valence-corrected chi connectivity index (χ3v) is 3.97. The predicted octanol–water partition coefficient (Wildman–Crippen LogP) is 2.45. The van der Waals surface area contributed by atoms with Crippen LogP contribution < -0.4 is 16.2 Å². The maximum Gasteiger partial charge on any atom is 0.231 e. The fourth-order valence-corrected chi connectivity index (χ4v) is 2.68. The lowest BCUT2D eigenvalue weighted by Crippen LogP contribution is -2.29. The molecule has 0 bridgehead atoms. The average Bonchev–Trinajstić information content (AvgIpc) is 2.97. The molecular weight excluding hydrogens is 300 g/mol. The van der Waals surface area contributed by atoms with Gasteiger partial charge in [-0.05, 0) is 42.3 Å². The highest BCUT2D eigenvalue weighted by Crippen LogP contribution is 2.27. The van der Waals surface area contributed by atoms with Crippen molar-refractivity contribution in [3.63, 3.8) is 0 Å². The Bertz CT molecular complexity index is 674. The minimum absolute atomic E-state index is 0.0597. The van der Waals surface area contributed by atoms with Crippen molar-refractivity contribution >= 4 is 23.3 Å². The summed E-state index contributed by atoms with van der Waals surface area (Å²) in [6.07, 6.45) is 1.69. The van der Waals surface area contributed by atoms with Crippen LogP contribution in [0, 0.1) is 12.8 Å². The van der Waals surface area contributed by atoms with Gasteiger partial charge >= 0.3 is 0 Å². The van der Waals surface area contributed by atoms with Gasteiger partial charge in [-0.15, -0.1) is 0 Å². The molecule has 0 spiro atoms. The molecule has 5 nitrogen and oxygen atoms in total. The van der Waals surface area contributed by atoms with Gasteiger partial charge in [0.15, 0.2) is 0 Å². The maximum atomic E-state index is 12.5. The van der Waals surface area contributed by atoms with Crippen molar-refractivity contribution in [3.8, 4) is 0 Å². The Kier molecular flexibility index (Phi) is 4.38. The minimum Gasteiger partial charge on any atom is -0.310 e. The molecule has 1 saturated heterocycles. The molecule has 0 saturated carbocycles. The number of pyridine rings is 1. The van der Waals surface area contributed by atoms with Crippen molar-refractivity contribution in [1.29, 1.82) is 0 Å². The van der Waals surface area contributed by atoms with Crippen molar-refractivity contribution in [1.82, 2.24) is 15.8 Å². The second kappa shape index (κ2) is 6.44. The standard InChI is InChI=1S/C16H17ClN4O/c1-10-6-7-18-14(8-10)20-16(22)13-9-19-21-15(13)11-2-4-12(17)5-3-11/h2-8,13,15,19,21H,9H2,1H3,(H,18,20,22). The highest BCUT2D eigenvalue weighted by Gasteiger charge is 2.34. The summed E-state index contributed by atoms with van der Waals surface area (Å²) in [4.78, 5) is 16.7. The van der Waals surface area contributed by atoms with E-state index in [1.54, 1.807) is 6.20 Å². The smallest absolute Gasteiger partial charge is 0.231 e. The molecule has 2 heterocycles. The summed E-state index contributed by atoms with van der Waals surface area (Å²) in [6.45, 7) is 2.53. The molecule has 3 N–H and O–H groups in total. The maximum absolute atomic E-state index is 12.5. The van der Waals surface area contributed by atoms with Crippen molar-refractivity contribution in [3.05, 3.63) is 58.7 Å². The molecule has 1 aliphatic heterocycles. The Morgan fingerprint density at radius 1 is 1.32 bits per heavy atom. The summed E-state index contributed by atoms with van der Waals surface area (Å²) in [7, 11) is 0. The molecule has 1 amide bonds. The molecule has 22 heavy (non-hydrogen) atoms. The number of nitrogens with one attached hydrogen (secondary N) is 3. The van der Waals surface area contributed by atoms with Crippen LogP contribution in [0.3, 0.4) is 0 Å². The second-order valence-corrected chi connectivity index (χ2v) is 5.81. The number of carbonyl (C=O) groups is 1. The molecular formula is C16H17ClN4O. The first kappa shape index (κ1) is 15.0. The van der Waals surface area contributed by atoms with Crippen molar-refractivity contribution in [2.24, 2.45) is 5.92 Å². The van der Waals surface area contributed by atoms with Gasteiger partial charge in [0.25, 0.3) is 0 Å². The van der Waals surface area contributed by atoms with E-state index in [0.29, 0.717) is 17.4 Å². The molecule has 2 aromatic rings. The van der Waals surface area contributed by atoms with Crippen molar-refractivity contribution < 1.29 is 4.79 Å². The van der Waals surface area contributed by atoms with Crippen LogP contribution in [0.25, 0.3) is 0 Å². The first-order valence-corrected chi connectivity index (χ1v) is 7.48. The summed E-state index contributed by atoms with van der Waals surface area (Å²) in [5.74, 6) is 0.297. The molecule has 1 aromatic heterocycles. The van der Waals surface area contributed by atoms with Gasteiger partial charge in [-0.25, -0.2) is 10.4 Å². The number of hydrazine groups is 1. The molecule has 3 rings (SSSR count). The zero-order valence-corrected chi connectivity index (χ0v) is 12.9. The van der Waals surface area contributed by atoms with Crippen LogP contribution in [0.1, 0.15) is 17.2 Å². The Balaban J connectivity index is 1.75. The van der Waals surface area contributed by atoms with Crippen LogP contribution in [0.5, 0.6) is 0 Å². The van der Waals surface area contributed by atoms with E-state index in [1.165, 1.54) is 0 Å². The highest BCUT2D eigenvalue weighted by molar-refractivity contribution is 6.30. The van der Waals surface area contributed by atoms with Gasteiger partial charge in [-0.2, -0.15) is 0 Å². The largest absolute Gasteiger partial charge is 0.310 e. The quantitative estimate of drug-likeness (QED) is 0.814. The topological polar surface area (TPSA) is 66.0 Å². The molecule has 1 fully saturated rings. The zero-order chi connectivity index (χ0) is 15.5. The Hall–Kier alpha value is -1.95. The number of halogens is 1. The number of carbonyl (C=O) groups excluding carboxylic acids is 1. The molecule has 1 aromatic carbocycles. The summed E-state index contributed by atoms with van der Waals surface area (Å²) in [5.41, 5.74) is 8.27. The lowest BCUT2D eigenvalue weighted by atomic mass is 9.94. The van der Waals surface area contributed by atoms with Gasteiger partial charge in [0.2, 0.25) is 5.91 Å². The number of nitrogens with zero attached hydrogens (tertiary/aromatic N) is 1. The molecule has 0 aliphatic carbocycles. The zero-order valence-electron chi connectivity index (χ0n) is 12.1. The van der Waals surface area contributed by atoms with Crippen LogP contribution in [0.4, 0.5) is 5.82 Å². The number of hydrogen-bond donors (Lipinski definition) is 3. The SMILES string of the molecule is Cc1ccnc(NC(=O)C2CNNC2c2ccc(Cl)cc2)c1. The van der Waals surface area contributed by atoms with Crippen molar-refractivity contribution in [2.45, 2.75) is 13.0 Å². The second-order valence-electron chi connectivity index (χ2n) is 5.37. The molecule has 6 heteroatoms. The van der Waals surface area contributed by atoms with Gasteiger partial charge in [0.1, 0.15) is 5.82 Å². The number of rotatable bonds is 3. The Labute approximate surface area is 134 Å². The number of aryl methyl sites for hydroxylation is 1. The predicted molar refractivity (Wildman–Crippen MR) is 86.4 cm³/mol. The summed E-state index contributed by atoms with van der Waals surface area (Å²) >= 11 is 5.92. The third kappa shape index (κ3) is 3.27. The lowest BCUT2D eigenvalue weighted by molar-refractivity contribution is -0.119. The van der Waals surface area contributed by atoms with Crippen LogP contribution >= 0.6 is 11.6 Å². The number of hydrogen-bond acceptors (Lipinski definition) is 4. The van der Waals surface area contributed by atoms with Crippen LogP contribution in [-0.4, -0.2) is 17.4 Å². The molecule has 2 unspecified atom stereocenters. The summed E-state index contributed by atoms with van der Waals surface area (Å²) in [5, 5.41) is 3.56. The van der Waals surface area contributed by atoms with Gasteiger partial charge in [0, 0.05) is 17.8 Å². The van der Waals surface area contributed by atoms with E-state index < -0.39 is 0 Å². The van der Waals surface area contributed by atoms with Gasteiger partial charge in [-0.1, -0.05) is 23.7 Å². The van der Waals surface area contributed by atoms with E-state index in [2.05, 4.69) is 21.2 Å². The van der Waals surface area contributed by atoms with E-state index in [-0.39, 0.29) is 17.9 Å². The van der Waals surface area contributed by atoms with E-state index in [0.717, 1.165) is 11.1 Å². The fourth-order valence-electron chi connectivity index (χ4n) is 2.55. The normalized spacial score (nSPS) is 20.8. The third-order valence-electron chi connectivity index (χ3n) is 3.71. The number of benzene rings is 1. The molecule has 0 radical (unpaired) electrons. The first-order chi connectivity index (χ1) is 10.6. The Morgan fingerprint density at radius 2 is 2.09 bits per heavy atom. The number of amides is 1. The lowest BCUT2D eigenvalue weighted by Gasteiger charge is -2.18. The van der Waals surface area contributed by atoms with Gasteiger partial charge in [-0.3, -0.25) is 10.2 Å². The molecule has 114 valence electrons. The number of aromatic nitrogens is 1. The Morgan fingerprint density at radius 3 is 2.82 bits per heavy atom. The minimum atomic E-state index is -0.219. The molecule has 2 atom stereocenters. The van der Waals surface area contributed by atoms with Gasteiger partial charge < -0.3 is 5.32 Å². The van der Waals surface area contributed by atoms with Crippen LogP contribution in [0.2, 0.25) is 5.02 Å². The monoisotopic (exact) mass is 316 g/mol. The van der Waals surface area contributed by atoms with Crippen molar-refractivity contribution in [2.75, 3.05) is 11.9 Å². The number of anilines is 1. The first-order valence-electron chi connectivity index (χ1n) is 7.11. The van der Waals surface area contributed by atoms with E-state index in [4.69, 9.17) is 11.6 Å². The van der Waals surface area contributed by atoms with Crippen LogP contribution in [-0.2, 0) is 4.79 Å². The van der Waals surface area contributed by atoms with Crippen LogP contribution in [0.15, 0.2) is 42.6 Å². The highest BCUT2D eigenvalue weighted by atomic mass is 35.5. The average molecular weight is 317 g/mol. The molecule has 1 aliphatic rings. The van der Waals surface area contributed by atoms with E-state index in [1.807, 2.05) is 43.3 Å². The van der Waals surface area contributed by atoms with E-state index in [9.17, 15) is 4.79 Å². The fraction of sp³-hybridized carbons (Fsp3) is 0.250. The summed E-state index contributed by atoms with van der Waals surface area (Å²) in [6, 6.07) is 11.2. The van der Waals surface area contributed by atoms with Gasteiger partial charge in [0.05, 0.1) is 12.0 Å². The van der Waals surface area contributed by atoms with E-state index >= 15 is 0 Å². The summed E-state index contributed by atoms with van der Waals surface area (Å²) < 4.78 is 0.